The van der Waals surface area contributed by atoms with Crippen LogP contribution in [0.15, 0.2) is 58.1 Å². The molecule has 0 atom stereocenters. The Labute approximate surface area is 173 Å². The van der Waals surface area contributed by atoms with Crippen molar-refractivity contribution < 1.29 is 32.7 Å². The smallest absolute Gasteiger partial charge is 0.301 e. The summed E-state index contributed by atoms with van der Waals surface area (Å²) in [5.41, 5.74) is 2.46. The summed E-state index contributed by atoms with van der Waals surface area (Å²) in [6, 6.07) is 20.6. The van der Waals surface area contributed by atoms with Crippen molar-refractivity contribution in [3.8, 4) is 5.69 Å². The largest absolute Gasteiger partial charge is 0.324 e. The number of hydrogen-bond acceptors (Lipinski definition) is 2. The van der Waals surface area contributed by atoms with E-state index in [1.807, 2.05) is 50.2 Å². The van der Waals surface area contributed by atoms with E-state index in [1.54, 1.807) is 20.0 Å². The SMILES string of the molecule is Cc1[c-]cc(-n2c(=O)cc(C)n(C)c2=O)c(C)c1.[Y].[c-]1ccccc1. The molecule has 0 saturated carbocycles. The van der Waals surface area contributed by atoms with Crippen LogP contribution in [-0.2, 0) is 39.8 Å². The van der Waals surface area contributed by atoms with Gasteiger partial charge in [0.2, 0.25) is 5.56 Å². The molecule has 25 heavy (non-hydrogen) atoms. The monoisotopic (exact) mass is 409 g/mol. The van der Waals surface area contributed by atoms with Crippen molar-refractivity contribution >= 4 is 0 Å². The van der Waals surface area contributed by atoms with Crippen LogP contribution < -0.4 is 11.2 Å². The summed E-state index contributed by atoms with van der Waals surface area (Å²) in [4.78, 5) is 24.1. The first-order valence-electron chi connectivity index (χ1n) is 7.62. The van der Waals surface area contributed by atoms with E-state index in [2.05, 4.69) is 12.1 Å². The second kappa shape index (κ2) is 9.64. The third kappa shape index (κ3) is 5.35. The maximum absolute atomic E-state index is 12.2. The molecule has 0 bridgehead atoms. The third-order valence-corrected chi connectivity index (χ3v) is 3.68. The molecule has 4 nitrogen and oxygen atoms in total. The van der Waals surface area contributed by atoms with Gasteiger partial charge in [-0.25, -0.2) is 4.79 Å². The fraction of sp³-hybridized carbons (Fsp3) is 0.200. The molecule has 1 aromatic heterocycles. The Morgan fingerprint density at radius 2 is 1.60 bits per heavy atom. The minimum atomic E-state index is -0.333. The molecule has 0 aliphatic heterocycles. The van der Waals surface area contributed by atoms with Crippen molar-refractivity contribution in [1.29, 1.82) is 0 Å². The van der Waals surface area contributed by atoms with Gasteiger partial charge in [0.25, 0.3) is 0 Å². The van der Waals surface area contributed by atoms with Gasteiger partial charge in [-0.05, 0) is 6.92 Å². The van der Waals surface area contributed by atoms with Gasteiger partial charge < -0.3 is 4.57 Å². The van der Waals surface area contributed by atoms with Gasteiger partial charge in [-0.2, -0.15) is 60.2 Å². The van der Waals surface area contributed by atoms with Crippen molar-refractivity contribution in [3.05, 3.63) is 98.3 Å². The molecule has 0 spiro atoms. The predicted octanol–water partition coefficient (Wildman–Crippen LogP) is 2.75. The zero-order chi connectivity index (χ0) is 17.7. The Morgan fingerprint density at radius 3 is 2.08 bits per heavy atom. The molecule has 0 aliphatic rings. The average Bonchev–Trinajstić information content (AvgIpc) is 2.57. The summed E-state index contributed by atoms with van der Waals surface area (Å²) in [5, 5.41) is 0. The molecule has 0 amide bonds. The first kappa shape index (κ1) is 21.3. The van der Waals surface area contributed by atoms with Gasteiger partial charge in [0.1, 0.15) is 0 Å². The average molecular weight is 409 g/mol. The fourth-order valence-corrected chi connectivity index (χ4v) is 2.28. The summed E-state index contributed by atoms with van der Waals surface area (Å²) in [6.07, 6.45) is 0. The first-order chi connectivity index (χ1) is 11.4. The minimum Gasteiger partial charge on any atom is -0.301 e. The van der Waals surface area contributed by atoms with Crippen LogP contribution in [0.4, 0.5) is 0 Å². The molecule has 1 heterocycles. The maximum atomic E-state index is 12.2. The molecule has 0 unspecified atom stereocenters. The normalized spacial score (nSPS) is 9.60. The molecule has 3 aromatic rings. The van der Waals surface area contributed by atoms with Crippen molar-refractivity contribution in [2.45, 2.75) is 20.8 Å². The number of benzene rings is 2. The van der Waals surface area contributed by atoms with Crippen molar-refractivity contribution in [2.24, 2.45) is 7.05 Å². The molecule has 0 fully saturated rings. The van der Waals surface area contributed by atoms with Crippen molar-refractivity contribution in [3.63, 3.8) is 0 Å². The molecule has 3 rings (SSSR count). The second-order valence-electron chi connectivity index (χ2n) is 5.56. The van der Waals surface area contributed by atoms with Crippen LogP contribution in [0.25, 0.3) is 5.69 Å². The van der Waals surface area contributed by atoms with Crippen molar-refractivity contribution in [1.82, 2.24) is 9.13 Å². The summed E-state index contributed by atoms with van der Waals surface area (Å²) in [6.45, 7) is 5.54. The molecular formula is C20H20N2O2Y-2. The van der Waals surface area contributed by atoms with Crippen LogP contribution in [0.3, 0.4) is 0 Å². The minimum absolute atomic E-state index is 0. The van der Waals surface area contributed by atoms with Crippen LogP contribution in [-0.4, -0.2) is 9.13 Å². The van der Waals surface area contributed by atoms with E-state index >= 15 is 0 Å². The topological polar surface area (TPSA) is 44.0 Å². The van der Waals surface area contributed by atoms with Gasteiger partial charge in [0.05, 0.1) is 0 Å². The summed E-state index contributed by atoms with van der Waals surface area (Å²) < 4.78 is 2.64. The Morgan fingerprint density at radius 1 is 0.960 bits per heavy atom. The fourth-order valence-electron chi connectivity index (χ4n) is 2.28. The van der Waals surface area contributed by atoms with E-state index in [0.717, 1.165) is 11.1 Å². The van der Waals surface area contributed by atoms with E-state index in [0.29, 0.717) is 11.4 Å². The zero-order valence-corrected chi connectivity index (χ0v) is 17.7. The predicted molar refractivity (Wildman–Crippen MR) is 95.6 cm³/mol. The van der Waals surface area contributed by atoms with Gasteiger partial charge in [-0.1, -0.05) is 19.5 Å². The zero-order valence-electron chi connectivity index (χ0n) is 14.9. The van der Waals surface area contributed by atoms with Gasteiger partial charge >= 0.3 is 5.69 Å². The number of aryl methyl sites for hydroxylation is 3. The van der Waals surface area contributed by atoms with E-state index in [-0.39, 0.29) is 44.0 Å². The first-order valence-corrected chi connectivity index (χ1v) is 7.62. The molecular weight excluding hydrogens is 389 g/mol. The van der Waals surface area contributed by atoms with E-state index in [9.17, 15) is 9.59 Å². The van der Waals surface area contributed by atoms with Gasteiger partial charge in [-0.15, -0.1) is 5.56 Å². The number of nitrogens with zero attached hydrogens (tertiary/aromatic N) is 2. The Kier molecular flexibility index (Phi) is 8.20. The molecule has 0 aliphatic carbocycles. The molecule has 5 heteroatoms. The van der Waals surface area contributed by atoms with Crippen LogP contribution in [0.5, 0.6) is 0 Å². The van der Waals surface area contributed by atoms with Crippen LogP contribution in [0.1, 0.15) is 16.8 Å². The summed E-state index contributed by atoms with van der Waals surface area (Å²) >= 11 is 0. The molecule has 127 valence electrons. The van der Waals surface area contributed by atoms with E-state index < -0.39 is 0 Å². The van der Waals surface area contributed by atoms with Crippen LogP contribution in [0, 0.1) is 32.9 Å². The Balaban J connectivity index is 0.000000379. The van der Waals surface area contributed by atoms with E-state index in [1.165, 1.54) is 15.2 Å². The quantitative estimate of drug-likeness (QED) is 0.581. The summed E-state index contributed by atoms with van der Waals surface area (Å²) in [5.74, 6) is 0. The molecule has 2 aromatic carbocycles. The maximum Gasteiger partial charge on any atom is 0.324 e. The van der Waals surface area contributed by atoms with Crippen molar-refractivity contribution in [2.75, 3.05) is 0 Å². The standard InChI is InChI=1S/C14H15N2O2.C6H5.Y/c1-9-5-6-12(10(2)7-9)16-13(17)8-11(3)15(4)14(16)18;1-2-4-6-5-3-1;/h6-8H,1-4H3;1-5H;/q2*-1;. The second-order valence-corrected chi connectivity index (χ2v) is 5.56. The number of aromatic nitrogens is 2. The molecule has 0 saturated heterocycles. The van der Waals surface area contributed by atoms with Crippen LogP contribution in [0.2, 0.25) is 0 Å². The number of rotatable bonds is 1. The Bertz CT molecular complexity index is 917. The molecule has 0 N–H and O–H groups in total. The summed E-state index contributed by atoms with van der Waals surface area (Å²) in [7, 11) is 1.65. The third-order valence-electron chi connectivity index (χ3n) is 3.68. The van der Waals surface area contributed by atoms with E-state index in [4.69, 9.17) is 0 Å². The molecule has 1 radical (unpaired) electrons. The van der Waals surface area contributed by atoms with Crippen LogP contribution >= 0.6 is 0 Å². The van der Waals surface area contributed by atoms with Gasteiger partial charge in [0.15, 0.2) is 0 Å². The van der Waals surface area contributed by atoms with Gasteiger partial charge in [-0.3, -0.25) is 9.36 Å². The Hall–Kier alpha value is -1.78. The number of hydrogen-bond donors (Lipinski definition) is 0. The van der Waals surface area contributed by atoms with Gasteiger partial charge in [0, 0.05) is 51.5 Å².